The van der Waals surface area contributed by atoms with E-state index in [1.807, 2.05) is 26.0 Å². The summed E-state index contributed by atoms with van der Waals surface area (Å²) in [6, 6.07) is 4.43. The number of pyridine rings is 2. The number of carboxylic acid groups (broad SMARTS) is 1. The highest BCUT2D eigenvalue weighted by Crippen LogP contribution is 2.40. The van der Waals surface area contributed by atoms with Crippen molar-refractivity contribution < 1.29 is 23.1 Å². The molecule has 0 fully saturated rings. The van der Waals surface area contributed by atoms with Crippen molar-refractivity contribution in [2.24, 2.45) is 0 Å². The monoisotopic (exact) mass is 438 g/mol. The van der Waals surface area contributed by atoms with Crippen LogP contribution >= 0.6 is 11.5 Å². The van der Waals surface area contributed by atoms with Crippen LogP contribution in [0.15, 0.2) is 30.6 Å². The van der Waals surface area contributed by atoms with Gasteiger partial charge in [-0.1, -0.05) is 13.8 Å². The largest absolute Gasteiger partial charge is 0.465 e. The van der Waals surface area contributed by atoms with Crippen LogP contribution in [0.5, 0.6) is 0 Å². The number of carbonyl (C=O) groups is 1. The molecule has 30 heavy (non-hydrogen) atoms. The van der Waals surface area contributed by atoms with E-state index in [9.17, 15) is 23.1 Å². The van der Waals surface area contributed by atoms with Crippen LogP contribution in [0, 0.1) is 0 Å². The zero-order valence-corrected chi connectivity index (χ0v) is 16.9. The predicted molar refractivity (Wildman–Crippen MR) is 106 cm³/mol. The Morgan fingerprint density at radius 2 is 1.93 bits per heavy atom. The average molecular weight is 438 g/mol. The Balaban J connectivity index is 1.98. The van der Waals surface area contributed by atoms with Crippen molar-refractivity contribution in [2.75, 3.05) is 17.3 Å². The fourth-order valence-electron chi connectivity index (χ4n) is 2.62. The molecular weight excluding hydrogens is 421 g/mol. The van der Waals surface area contributed by atoms with E-state index in [1.54, 1.807) is 6.20 Å². The first kappa shape index (κ1) is 21.4. The number of nitrogens with one attached hydrogen (secondary N) is 1. The van der Waals surface area contributed by atoms with Gasteiger partial charge in [-0.2, -0.15) is 22.5 Å². The Kier molecular flexibility index (Phi) is 5.87. The minimum Gasteiger partial charge on any atom is -0.465 e. The van der Waals surface area contributed by atoms with E-state index in [4.69, 9.17) is 0 Å². The lowest BCUT2D eigenvalue weighted by Gasteiger charge is -2.21. The van der Waals surface area contributed by atoms with Crippen LogP contribution in [0.1, 0.15) is 30.9 Å². The maximum absolute atomic E-state index is 13.4. The third-order valence-corrected chi connectivity index (χ3v) is 4.81. The molecule has 3 heterocycles. The maximum atomic E-state index is 13.4. The quantitative estimate of drug-likeness (QED) is 0.578. The molecule has 0 saturated heterocycles. The van der Waals surface area contributed by atoms with Gasteiger partial charge in [-0.05, 0) is 29.7 Å². The highest BCUT2D eigenvalue weighted by Gasteiger charge is 2.37. The molecule has 0 radical (unpaired) electrons. The molecule has 0 aromatic carbocycles. The van der Waals surface area contributed by atoms with E-state index in [1.165, 1.54) is 0 Å². The molecule has 158 valence electrons. The summed E-state index contributed by atoms with van der Waals surface area (Å²) in [5.41, 5.74) is -0.213. The fourth-order valence-corrected chi connectivity index (χ4v) is 3.19. The minimum atomic E-state index is -4.77. The molecule has 2 N–H and O–H groups in total. The van der Waals surface area contributed by atoms with Crippen LogP contribution < -0.4 is 10.2 Å². The smallest absolute Gasteiger partial charge is 0.418 e. The molecule has 1 amide bonds. The molecule has 0 unspecified atom stereocenters. The first-order chi connectivity index (χ1) is 14.1. The van der Waals surface area contributed by atoms with Gasteiger partial charge in [0.1, 0.15) is 11.4 Å². The van der Waals surface area contributed by atoms with Gasteiger partial charge in [0.05, 0.1) is 5.56 Å². The summed E-state index contributed by atoms with van der Waals surface area (Å²) in [5.74, 6) is 0.262. The van der Waals surface area contributed by atoms with Gasteiger partial charge in [0, 0.05) is 31.0 Å². The van der Waals surface area contributed by atoms with Gasteiger partial charge < -0.3 is 10.4 Å². The van der Waals surface area contributed by atoms with E-state index < -0.39 is 23.5 Å². The van der Waals surface area contributed by atoms with Crippen LogP contribution in [0.2, 0.25) is 0 Å². The highest BCUT2D eigenvalue weighted by molar-refractivity contribution is 7.09. The topological polar surface area (TPSA) is 104 Å². The van der Waals surface area contributed by atoms with E-state index in [0.29, 0.717) is 22.5 Å². The molecule has 3 rings (SSSR count). The van der Waals surface area contributed by atoms with Crippen molar-refractivity contribution in [3.8, 4) is 11.5 Å². The molecule has 0 spiro atoms. The van der Waals surface area contributed by atoms with Gasteiger partial charge in [0.15, 0.2) is 11.6 Å². The van der Waals surface area contributed by atoms with Crippen LogP contribution in [0.4, 0.5) is 34.6 Å². The standard InChI is InChI=1S/C18H17F3N6O2S/c1-9(2)10-4-6-22-12(8-10)14-24-16(30-26-14)25-15-13(27(3)17(28)29)11(5-7-23-15)18(19,20)21/h4-9H,1-3H3,(H,28,29)(H,23,24,25,26). The van der Waals surface area contributed by atoms with Gasteiger partial charge in [-0.3, -0.25) is 9.88 Å². The summed E-state index contributed by atoms with van der Waals surface area (Å²) in [6.07, 6.45) is -3.76. The summed E-state index contributed by atoms with van der Waals surface area (Å²) in [5, 5.41) is 12.0. The third kappa shape index (κ3) is 4.48. The van der Waals surface area contributed by atoms with Crippen molar-refractivity contribution in [1.29, 1.82) is 0 Å². The lowest BCUT2D eigenvalue weighted by atomic mass is 10.0. The Morgan fingerprint density at radius 1 is 1.23 bits per heavy atom. The third-order valence-electron chi connectivity index (χ3n) is 4.18. The molecule has 0 bridgehead atoms. The molecule has 0 atom stereocenters. The summed E-state index contributed by atoms with van der Waals surface area (Å²) in [6.45, 7) is 4.06. The van der Waals surface area contributed by atoms with Crippen molar-refractivity contribution in [1.82, 2.24) is 19.3 Å². The fraction of sp³-hybridized carbons (Fsp3) is 0.278. The number of rotatable bonds is 5. The number of amides is 1. The molecule has 3 aromatic heterocycles. The first-order valence-electron chi connectivity index (χ1n) is 8.67. The second-order valence-electron chi connectivity index (χ2n) is 6.57. The van der Waals surface area contributed by atoms with Gasteiger partial charge in [0.25, 0.3) is 0 Å². The number of anilines is 3. The van der Waals surface area contributed by atoms with Gasteiger partial charge >= 0.3 is 12.3 Å². The van der Waals surface area contributed by atoms with Gasteiger partial charge in [-0.15, -0.1) is 0 Å². The number of aromatic nitrogens is 4. The lowest BCUT2D eigenvalue weighted by molar-refractivity contribution is -0.137. The molecule has 0 saturated carbocycles. The molecular formula is C18H17F3N6O2S. The zero-order chi connectivity index (χ0) is 22.1. The van der Waals surface area contributed by atoms with Crippen LogP contribution in [-0.4, -0.2) is 37.6 Å². The normalized spacial score (nSPS) is 11.6. The van der Waals surface area contributed by atoms with Crippen molar-refractivity contribution in [3.63, 3.8) is 0 Å². The highest BCUT2D eigenvalue weighted by atomic mass is 32.1. The van der Waals surface area contributed by atoms with E-state index >= 15 is 0 Å². The van der Waals surface area contributed by atoms with Crippen molar-refractivity contribution in [3.05, 3.63) is 41.7 Å². The Morgan fingerprint density at radius 3 is 2.57 bits per heavy atom. The van der Waals surface area contributed by atoms with Crippen LogP contribution in [-0.2, 0) is 6.18 Å². The average Bonchev–Trinajstić information content (AvgIpc) is 3.15. The SMILES string of the molecule is CC(C)c1ccnc(-c2nsc(Nc3nccc(C(F)(F)F)c3N(C)C(=O)O)n2)c1. The summed E-state index contributed by atoms with van der Waals surface area (Å²) in [7, 11) is 1.01. The maximum Gasteiger partial charge on any atom is 0.418 e. The van der Waals surface area contributed by atoms with Crippen LogP contribution in [0.25, 0.3) is 11.5 Å². The molecule has 12 heteroatoms. The lowest BCUT2D eigenvalue weighted by Crippen LogP contribution is -2.28. The summed E-state index contributed by atoms with van der Waals surface area (Å²) in [4.78, 5) is 24.2. The van der Waals surface area contributed by atoms with E-state index in [-0.39, 0.29) is 16.9 Å². The minimum absolute atomic E-state index is 0.147. The van der Waals surface area contributed by atoms with Crippen molar-refractivity contribution in [2.45, 2.75) is 25.9 Å². The number of hydrogen-bond acceptors (Lipinski definition) is 7. The van der Waals surface area contributed by atoms with Gasteiger partial charge in [-0.25, -0.2) is 9.78 Å². The second-order valence-corrected chi connectivity index (χ2v) is 7.32. The summed E-state index contributed by atoms with van der Waals surface area (Å²) < 4.78 is 44.4. The first-order valence-corrected chi connectivity index (χ1v) is 9.45. The number of hydrogen-bond donors (Lipinski definition) is 2. The molecule has 3 aromatic rings. The molecule has 0 aliphatic carbocycles. The van der Waals surface area contributed by atoms with E-state index in [2.05, 4.69) is 24.6 Å². The second kappa shape index (κ2) is 8.22. The Labute approximate surface area is 173 Å². The Bertz CT molecular complexity index is 1070. The number of halogens is 3. The molecule has 0 aliphatic rings. The van der Waals surface area contributed by atoms with Crippen LogP contribution in [0.3, 0.4) is 0 Å². The zero-order valence-electron chi connectivity index (χ0n) is 16.1. The predicted octanol–water partition coefficient (Wildman–Crippen LogP) is 5.00. The van der Waals surface area contributed by atoms with E-state index in [0.717, 1.165) is 30.3 Å². The van der Waals surface area contributed by atoms with Crippen molar-refractivity contribution >= 4 is 34.3 Å². The Hall–Kier alpha value is -3.28. The number of nitrogens with zero attached hydrogens (tertiary/aromatic N) is 5. The van der Waals surface area contributed by atoms with Gasteiger partial charge in [0.2, 0.25) is 5.13 Å². The summed E-state index contributed by atoms with van der Waals surface area (Å²) >= 11 is 0.896. The molecule has 0 aliphatic heterocycles. The molecule has 8 nitrogen and oxygen atoms in total. The number of alkyl halides is 3.